The van der Waals surface area contributed by atoms with Crippen LogP contribution in [0.5, 0.6) is 0 Å². The third-order valence-electron chi connectivity index (χ3n) is 2.78. The Kier molecular flexibility index (Phi) is 3.50. The quantitative estimate of drug-likeness (QED) is 0.791. The largest absolute Gasteiger partial charge is 0.386 e. The van der Waals surface area contributed by atoms with Crippen LogP contribution in [0.25, 0.3) is 0 Å². The van der Waals surface area contributed by atoms with Gasteiger partial charge in [-0.25, -0.2) is 5.06 Å². The third kappa shape index (κ3) is 2.51. The molecule has 17 heavy (non-hydrogen) atoms. The summed E-state index contributed by atoms with van der Waals surface area (Å²) in [5.41, 5.74) is 2.60. The van der Waals surface area contributed by atoms with Crippen molar-refractivity contribution in [2.24, 2.45) is 0 Å². The van der Waals surface area contributed by atoms with Crippen molar-refractivity contribution < 1.29 is 4.84 Å². The smallest absolute Gasteiger partial charge is 0.0992 e. The maximum atomic E-state index is 8.96. The Morgan fingerprint density at radius 2 is 2.29 bits per heavy atom. The summed E-state index contributed by atoms with van der Waals surface area (Å²) in [5.74, 6) is 0. The molecule has 1 aromatic rings. The van der Waals surface area contributed by atoms with E-state index >= 15 is 0 Å². The first-order valence-electron chi connectivity index (χ1n) is 5.94. The molecule has 0 atom stereocenters. The monoisotopic (exact) mass is 231 g/mol. The van der Waals surface area contributed by atoms with E-state index < -0.39 is 0 Å². The van der Waals surface area contributed by atoms with E-state index in [9.17, 15) is 0 Å². The lowest BCUT2D eigenvalue weighted by Gasteiger charge is -2.25. The SMILES string of the molecule is CCON(c1cc(C#N)ccc1NC)C1CC1. The number of hydroxylamine groups is 1. The fourth-order valence-corrected chi connectivity index (χ4v) is 1.81. The van der Waals surface area contributed by atoms with Gasteiger partial charge in [0.2, 0.25) is 0 Å². The van der Waals surface area contributed by atoms with Crippen LogP contribution in [0.3, 0.4) is 0 Å². The zero-order valence-electron chi connectivity index (χ0n) is 10.2. The molecular formula is C13H17N3O. The van der Waals surface area contributed by atoms with Crippen molar-refractivity contribution in [2.45, 2.75) is 25.8 Å². The molecule has 1 aromatic carbocycles. The van der Waals surface area contributed by atoms with E-state index in [2.05, 4.69) is 11.4 Å². The standard InChI is InChI=1S/C13H17N3O/c1-3-17-16(11-5-6-11)13-8-10(9-14)4-7-12(13)15-2/h4,7-8,11,15H,3,5-6H2,1-2H3. The molecule has 0 aromatic heterocycles. The van der Waals surface area contributed by atoms with Gasteiger partial charge in [-0.3, -0.25) is 4.84 Å². The fraction of sp³-hybridized carbons (Fsp3) is 0.462. The van der Waals surface area contributed by atoms with Crippen molar-refractivity contribution in [1.82, 2.24) is 0 Å². The summed E-state index contributed by atoms with van der Waals surface area (Å²) in [4.78, 5) is 5.68. The molecule has 2 rings (SSSR count). The zero-order valence-corrected chi connectivity index (χ0v) is 10.2. The van der Waals surface area contributed by atoms with Gasteiger partial charge in [0.05, 0.1) is 35.7 Å². The summed E-state index contributed by atoms with van der Waals surface area (Å²) >= 11 is 0. The number of nitriles is 1. The van der Waals surface area contributed by atoms with Gasteiger partial charge in [0.25, 0.3) is 0 Å². The van der Waals surface area contributed by atoms with Crippen molar-refractivity contribution in [3.8, 4) is 6.07 Å². The van der Waals surface area contributed by atoms with E-state index in [1.807, 2.05) is 37.2 Å². The van der Waals surface area contributed by atoms with Gasteiger partial charge in [0, 0.05) is 7.05 Å². The Morgan fingerprint density at radius 1 is 1.53 bits per heavy atom. The van der Waals surface area contributed by atoms with Crippen LogP contribution in [0.15, 0.2) is 18.2 Å². The summed E-state index contributed by atoms with van der Waals surface area (Å²) in [6.07, 6.45) is 2.31. The molecule has 0 bridgehead atoms. The Labute approximate surface area is 102 Å². The summed E-state index contributed by atoms with van der Waals surface area (Å²) in [6, 6.07) is 8.23. The average Bonchev–Trinajstić information content (AvgIpc) is 3.19. The molecule has 0 unspecified atom stereocenters. The normalized spacial score (nSPS) is 14.2. The lowest BCUT2D eigenvalue weighted by atomic mass is 10.2. The Morgan fingerprint density at radius 3 is 2.82 bits per heavy atom. The highest BCUT2D eigenvalue weighted by Crippen LogP contribution is 2.36. The first-order chi connectivity index (χ1) is 8.30. The Hall–Kier alpha value is -1.73. The molecule has 0 saturated heterocycles. The molecule has 4 nitrogen and oxygen atoms in total. The predicted molar refractivity (Wildman–Crippen MR) is 67.8 cm³/mol. The molecule has 1 saturated carbocycles. The summed E-state index contributed by atoms with van der Waals surface area (Å²) in [6.45, 7) is 2.61. The average molecular weight is 231 g/mol. The van der Waals surface area contributed by atoms with E-state index in [1.165, 1.54) is 0 Å². The van der Waals surface area contributed by atoms with Gasteiger partial charge in [-0.2, -0.15) is 5.26 Å². The fourth-order valence-electron chi connectivity index (χ4n) is 1.81. The van der Waals surface area contributed by atoms with Crippen LogP contribution in [0, 0.1) is 11.3 Å². The molecule has 0 spiro atoms. The van der Waals surface area contributed by atoms with E-state index in [0.29, 0.717) is 18.2 Å². The minimum atomic E-state index is 0.455. The van der Waals surface area contributed by atoms with E-state index in [0.717, 1.165) is 24.2 Å². The van der Waals surface area contributed by atoms with Gasteiger partial charge in [-0.05, 0) is 38.0 Å². The molecule has 90 valence electrons. The predicted octanol–water partition coefficient (Wildman–Crippen LogP) is 2.52. The highest BCUT2D eigenvalue weighted by Gasteiger charge is 2.31. The van der Waals surface area contributed by atoms with E-state index in [-0.39, 0.29) is 0 Å². The van der Waals surface area contributed by atoms with Gasteiger partial charge in [-0.15, -0.1) is 0 Å². The van der Waals surface area contributed by atoms with E-state index in [4.69, 9.17) is 10.1 Å². The number of anilines is 2. The number of hydrogen-bond donors (Lipinski definition) is 1. The second kappa shape index (κ2) is 5.07. The second-order valence-electron chi connectivity index (χ2n) is 4.07. The zero-order chi connectivity index (χ0) is 12.3. The molecule has 0 amide bonds. The second-order valence-corrected chi connectivity index (χ2v) is 4.07. The highest BCUT2D eigenvalue weighted by molar-refractivity contribution is 5.71. The lowest BCUT2D eigenvalue weighted by molar-refractivity contribution is 0.116. The Balaban J connectivity index is 2.35. The van der Waals surface area contributed by atoms with Gasteiger partial charge < -0.3 is 5.32 Å². The van der Waals surface area contributed by atoms with Crippen molar-refractivity contribution >= 4 is 11.4 Å². The molecule has 1 N–H and O–H groups in total. The van der Waals surface area contributed by atoms with Crippen LogP contribution in [0.2, 0.25) is 0 Å². The van der Waals surface area contributed by atoms with Gasteiger partial charge in [-0.1, -0.05) is 0 Å². The maximum absolute atomic E-state index is 8.96. The molecule has 0 radical (unpaired) electrons. The molecular weight excluding hydrogens is 214 g/mol. The summed E-state index contributed by atoms with van der Waals surface area (Å²) in [5, 5.41) is 14.0. The third-order valence-corrected chi connectivity index (χ3v) is 2.78. The number of benzene rings is 1. The van der Waals surface area contributed by atoms with Crippen LogP contribution in [-0.4, -0.2) is 19.7 Å². The highest BCUT2D eigenvalue weighted by atomic mass is 16.7. The first kappa shape index (κ1) is 11.7. The maximum Gasteiger partial charge on any atom is 0.0992 e. The van der Waals surface area contributed by atoms with E-state index in [1.54, 1.807) is 0 Å². The van der Waals surface area contributed by atoms with Crippen LogP contribution < -0.4 is 10.4 Å². The molecule has 0 aliphatic heterocycles. The lowest BCUT2D eigenvalue weighted by Crippen LogP contribution is -2.26. The molecule has 1 aliphatic carbocycles. The first-order valence-corrected chi connectivity index (χ1v) is 5.94. The van der Waals surface area contributed by atoms with Crippen molar-refractivity contribution in [2.75, 3.05) is 24.0 Å². The summed E-state index contributed by atoms with van der Waals surface area (Å²) < 4.78 is 0. The molecule has 1 aliphatic rings. The van der Waals surface area contributed by atoms with Crippen LogP contribution in [0.4, 0.5) is 11.4 Å². The number of rotatable bonds is 5. The van der Waals surface area contributed by atoms with Crippen LogP contribution >= 0.6 is 0 Å². The number of nitrogens with zero attached hydrogens (tertiary/aromatic N) is 2. The van der Waals surface area contributed by atoms with Crippen molar-refractivity contribution in [3.63, 3.8) is 0 Å². The van der Waals surface area contributed by atoms with Crippen molar-refractivity contribution in [1.29, 1.82) is 5.26 Å². The topological polar surface area (TPSA) is 48.3 Å². The van der Waals surface area contributed by atoms with Crippen molar-refractivity contribution in [3.05, 3.63) is 23.8 Å². The minimum Gasteiger partial charge on any atom is -0.386 e. The van der Waals surface area contributed by atoms with Crippen LogP contribution in [-0.2, 0) is 4.84 Å². The molecule has 1 fully saturated rings. The van der Waals surface area contributed by atoms with Gasteiger partial charge in [0.15, 0.2) is 0 Å². The number of nitrogens with one attached hydrogen (secondary N) is 1. The van der Waals surface area contributed by atoms with Gasteiger partial charge >= 0.3 is 0 Å². The van der Waals surface area contributed by atoms with Crippen LogP contribution in [0.1, 0.15) is 25.3 Å². The molecule has 4 heteroatoms. The number of hydrogen-bond acceptors (Lipinski definition) is 4. The summed E-state index contributed by atoms with van der Waals surface area (Å²) in [7, 11) is 1.88. The molecule has 0 heterocycles. The minimum absolute atomic E-state index is 0.455. The Bertz CT molecular complexity index is 435. The van der Waals surface area contributed by atoms with Gasteiger partial charge in [0.1, 0.15) is 0 Å².